The first kappa shape index (κ1) is 15.6. The largest absolute Gasteiger partial charge is 0.481 e. The second-order valence-corrected chi connectivity index (χ2v) is 5.21. The number of anilines is 1. The Bertz CT molecular complexity index is 434. The molecule has 0 bridgehead atoms. The fraction of sp³-hybridized carbons (Fsp3) is 0.429. The third-order valence-corrected chi connectivity index (χ3v) is 3.63. The van der Waals surface area contributed by atoms with Crippen molar-refractivity contribution in [1.29, 1.82) is 0 Å². The van der Waals surface area contributed by atoms with Crippen molar-refractivity contribution in [2.24, 2.45) is 0 Å². The van der Waals surface area contributed by atoms with Crippen LogP contribution < -0.4 is 5.32 Å². The number of thioether (sulfide) groups is 1. The minimum absolute atomic E-state index is 0.0405. The van der Waals surface area contributed by atoms with Gasteiger partial charge in [0.2, 0.25) is 5.91 Å². The summed E-state index contributed by atoms with van der Waals surface area (Å²) >= 11 is 1.46. The van der Waals surface area contributed by atoms with Crippen LogP contribution in [0, 0.1) is 0 Å². The van der Waals surface area contributed by atoms with Gasteiger partial charge in [0.05, 0.1) is 5.75 Å². The van der Waals surface area contributed by atoms with E-state index in [0.717, 1.165) is 17.7 Å². The number of rotatable bonds is 8. The predicted molar refractivity (Wildman–Crippen MR) is 78.6 cm³/mol. The van der Waals surface area contributed by atoms with Gasteiger partial charge >= 0.3 is 5.97 Å². The molecule has 1 aromatic carbocycles. The molecule has 1 rings (SSSR count). The number of para-hydroxylation sites is 1. The molecule has 0 aromatic heterocycles. The highest BCUT2D eigenvalue weighted by Gasteiger charge is 2.05. The van der Waals surface area contributed by atoms with Gasteiger partial charge in [0.1, 0.15) is 0 Å². The van der Waals surface area contributed by atoms with E-state index < -0.39 is 5.97 Å². The number of carbonyl (C=O) groups is 2. The van der Waals surface area contributed by atoms with Gasteiger partial charge in [0, 0.05) is 12.1 Å². The van der Waals surface area contributed by atoms with E-state index in [9.17, 15) is 9.59 Å². The average molecular weight is 281 g/mol. The van der Waals surface area contributed by atoms with Crippen molar-refractivity contribution in [2.75, 3.05) is 16.8 Å². The maximum atomic E-state index is 11.7. The number of aryl methyl sites for hydroxylation is 1. The second kappa shape index (κ2) is 8.58. The zero-order valence-corrected chi connectivity index (χ0v) is 11.8. The number of hydrogen-bond acceptors (Lipinski definition) is 3. The highest BCUT2D eigenvalue weighted by atomic mass is 32.2. The third kappa shape index (κ3) is 6.29. The first-order valence-electron chi connectivity index (χ1n) is 6.30. The molecule has 0 unspecified atom stereocenters. The van der Waals surface area contributed by atoms with Crippen LogP contribution in [0.3, 0.4) is 0 Å². The Balaban J connectivity index is 2.29. The number of carboxylic acids is 1. The summed E-state index contributed by atoms with van der Waals surface area (Å²) < 4.78 is 0. The van der Waals surface area contributed by atoms with Crippen molar-refractivity contribution in [3.63, 3.8) is 0 Å². The number of amides is 1. The molecule has 0 saturated heterocycles. The van der Waals surface area contributed by atoms with Crippen LogP contribution in [-0.4, -0.2) is 28.5 Å². The lowest BCUT2D eigenvalue weighted by Gasteiger charge is -2.09. The summed E-state index contributed by atoms with van der Waals surface area (Å²) in [4.78, 5) is 22.0. The van der Waals surface area contributed by atoms with E-state index in [4.69, 9.17) is 5.11 Å². The topological polar surface area (TPSA) is 66.4 Å². The second-order valence-electron chi connectivity index (χ2n) is 4.11. The van der Waals surface area contributed by atoms with Crippen LogP contribution in [0.5, 0.6) is 0 Å². The molecule has 1 amide bonds. The molecule has 0 aliphatic rings. The number of benzene rings is 1. The standard InChI is InChI=1S/C14H19NO3S/c1-2-11-6-3-4-7-12(11)15-13(16)10-19-9-5-8-14(17)18/h3-4,6-7H,2,5,8-10H2,1H3,(H,15,16)(H,17,18). The Morgan fingerprint density at radius 2 is 2.05 bits per heavy atom. The number of hydrogen-bond donors (Lipinski definition) is 2. The van der Waals surface area contributed by atoms with Gasteiger partial charge in [-0.15, -0.1) is 0 Å². The van der Waals surface area contributed by atoms with Gasteiger partial charge in [0.25, 0.3) is 0 Å². The zero-order valence-electron chi connectivity index (χ0n) is 11.0. The number of carboxylic acid groups (broad SMARTS) is 1. The maximum absolute atomic E-state index is 11.7. The summed E-state index contributed by atoms with van der Waals surface area (Å²) in [6.07, 6.45) is 1.63. The van der Waals surface area contributed by atoms with Gasteiger partial charge < -0.3 is 10.4 Å². The molecular weight excluding hydrogens is 262 g/mol. The van der Waals surface area contributed by atoms with Gasteiger partial charge in [0.15, 0.2) is 0 Å². The molecule has 0 atom stereocenters. The number of nitrogens with one attached hydrogen (secondary N) is 1. The van der Waals surface area contributed by atoms with Crippen LogP contribution in [0.1, 0.15) is 25.3 Å². The van der Waals surface area contributed by atoms with Crippen molar-refractivity contribution in [2.45, 2.75) is 26.2 Å². The first-order chi connectivity index (χ1) is 9.13. The highest BCUT2D eigenvalue weighted by Crippen LogP contribution is 2.16. The fourth-order valence-corrected chi connectivity index (χ4v) is 2.38. The SMILES string of the molecule is CCc1ccccc1NC(=O)CSCCCC(=O)O. The monoisotopic (exact) mass is 281 g/mol. The van der Waals surface area contributed by atoms with Crippen molar-refractivity contribution in [1.82, 2.24) is 0 Å². The molecule has 5 heteroatoms. The van der Waals surface area contributed by atoms with E-state index in [1.165, 1.54) is 11.8 Å². The molecule has 0 aliphatic carbocycles. The Labute approximate surface area is 117 Å². The van der Waals surface area contributed by atoms with E-state index in [1.807, 2.05) is 31.2 Å². The fourth-order valence-electron chi connectivity index (χ4n) is 1.63. The van der Waals surface area contributed by atoms with Crippen LogP contribution in [0.4, 0.5) is 5.69 Å². The summed E-state index contributed by atoms with van der Waals surface area (Å²) in [6.45, 7) is 2.05. The molecule has 0 spiro atoms. The smallest absolute Gasteiger partial charge is 0.303 e. The normalized spacial score (nSPS) is 10.2. The van der Waals surface area contributed by atoms with Crippen LogP contribution in [0.15, 0.2) is 24.3 Å². The molecule has 0 saturated carbocycles. The summed E-state index contributed by atoms with van der Waals surface area (Å²) in [5.41, 5.74) is 1.98. The Kier molecular flexibility index (Phi) is 7.03. The van der Waals surface area contributed by atoms with E-state index in [1.54, 1.807) is 0 Å². The Morgan fingerprint density at radius 1 is 1.32 bits per heavy atom. The molecule has 2 N–H and O–H groups in total. The maximum Gasteiger partial charge on any atom is 0.303 e. The van der Waals surface area contributed by atoms with Crippen LogP contribution in [-0.2, 0) is 16.0 Å². The van der Waals surface area contributed by atoms with Gasteiger partial charge in [-0.2, -0.15) is 11.8 Å². The minimum atomic E-state index is -0.790. The van der Waals surface area contributed by atoms with Gasteiger partial charge in [-0.3, -0.25) is 9.59 Å². The Hall–Kier alpha value is -1.49. The lowest BCUT2D eigenvalue weighted by Crippen LogP contribution is -2.15. The van der Waals surface area contributed by atoms with Crippen molar-refractivity contribution in [3.05, 3.63) is 29.8 Å². The quantitative estimate of drug-likeness (QED) is 0.719. The van der Waals surface area contributed by atoms with Gasteiger partial charge in [-0.25, -0.2) is 0 Å². The third-order valence-electron chi connectivity index (χ3n) is 2.58. The zero-order chi connectivity index (χ0) is 14.1. The molecule has 0 fully saturated rings. The van der Waals surface area contributed by atoms with E-state index in [0.29, 0.717) is 17.9 Å². The lowest BCUT2D eigenvalue weighted by molar-refractivity contribution is -0.137. The van der Waals surface area contributed by atoms with Gasteiger partial charge in [-0.1, -0.05) is 25.1 Å². The molecule has 0 radical (unpaired) electrons. The molecule has 1 aromatic rings. The molecule has 4 nitrogen and oxygen atoms in total. The molecular formula is C14H19NO3S. The van der Waals surface area contributed by atoms with Crippen LogP contribution in [0.25, 0.3) is 0 Å². The summed E-state index contributed by atoms with van der Waals surface area (Å²) in [5, 5.41) is 11.4. The molecule has 0 aliphatic heterocycles. The number of aliphatic carboxylic acids is 1. The lowest BCUT2D eigenvalue weighted by atomic mass is 10.1. The molecule has 19 heavy (non-hydrogen) atoms. The summed E-state index contributed by atoms with van der Waals surface area (Å²) in [5.74, 6) is 0.218. The average Bonchev–Trinajstić information content (AvgIpc) is 2.38. The van der Waals surface area contributed by atoms with Gasteiger partial charge in [-0.05, 0) is 30.2 Å². The number of carbonyl (C=O) groups excluding carboxylic acids is 1. The first-order valence-corrected chi connectivity index (χ1v) is 7.46. The van der Waals surface area contributed by atoms with Crippen molar-refractivity contribution in [3.8, 4) is 0 Å². The van der Waals surface area contributed by atoms with Crippen LogP contribution >= 0.6 is 11.8 Å². The van der Waals surface area contributed by atoms with E-state index in [-0.39, 0.29) is 12.3 Å². The Morgan fingerprint density at radius 3 is 2.74 bits per heavy atom. The summed E-state index contributed by atoms with van der Waals surface area (Å²) in [7, 11) is 0. The minimum Gasteiger partial charge on any atom is -0.481 e. The summed E-state index contributed by atoms with van der Waals surface area (Å²) in [6, 6.07) is 7.74. The van der Waals surface area contributed by atoms with E-state index >= 15 is 0 Å². The van der Waals surface area contributed by atoms with Crippen LogP contribution in [0.2, 0.25) is 0 Å². The van der Waals surface area contributed by atoms with Crippen molar-refractivity contribution < 1.29 is 14.7 Å². The van der Waals surface area contributed by atoms with Crippen molar-refractivity contribution >= 4 is 29.3 Å². The predicted octanol–water partition coefficient (Wildman–Crippen LogP) is 2.79. The molecule has 104 valence electrons. The highest BCUT2D eigenvalue weighted by molar-refractivity contribution is 7.99. The molecule has 0 heterocycles. The van der Waals surface area contributed by atoms with E-state index in [2.05, 4.69) is 5.32 Å².